The minimum absolute atomic E-state index is 0.0572. The number of ketones is 1. The van der Waals surface area contributed by atoms with Crippen LogP contribution in [0.1, 0.15) is 39.6 Å². The van der Waals surface area contributed by atoms with Crippen molar-refractivity contribution >= 4 is 16.8 Å². The molecular weight excluding hydrogens is 436 g/mol. The molecule has 6 heteroatoms. The third kappa shape index (κ3) is 3.58. The van der Waals surface area contributed by atoms with Gasteiger partial charge in [0.05, 0.1) is 29.6 Å². The van der Waals surface area contributed by atoms with Gasteiger partial charge in [-0.2, -0.15) is 5.10 Å². The molecule has 6 rings (SSSR count). The molecule has 0 saturated heterocycles. The maximum Gasteiger partial charge on any atom is 0.165 e. The van der Waals surface area contributed by atoms with E-state index < -0.39 is 0 Å². The van der Waals surface area contributed by atoms with Crippen molar-refractivity contribution in [2.24, 2.45) is 0 Å². The van der Waals surface area contributed by atoms with E-state index in [4.69, 9.17) is 14.8 Å². The van der Waals surface area contributed by atoms with Gasteiger partial charge >= 0.3 is 0 Å². The SMILES string of the molecule is COc1ccc([C@H]2CC(=O)c3c(nc4c(c(C)nn4-c4ccccc4)c3-c3cccnc3)C2)cc1. The molecule has 0 bridgehead atoms. The van der Waals surface area contributed by atoms with Crippen LogP contribution in [0.4, 0.5) is 0 Å². The summed E-state index contributed by atoms with van der Waals surface area (Å²) in [5, 5.41) is 5.75. The standard InChI is InChI=1S/C29H24N4O2/c1-18-26-27(20-7-6-14-30-17-20)28-24(31-29(26)33(32-18)22-8-4-3-5-9-22)15-21(16-25(28)34)19-10-12-23(35-2)13-11-19/h3-14,17,21H,15-16H2,1-2H3/t21-/m1/s1. The molecule has 1 aliphatic carbocycles. The van der Waals surface area contributed by atoms with Crippen LogP contribution in [0.5, 0.6) is 5.75 Å². The molecule has 0 unspecified atom stereocenters. The molecule has 172 valence electrons. The van der Waals surface area contributed by atoms with E-state index in [0.717, 1.165) is 50.5 Å². The summed E-state index contributed by atoms with van der Waals surface area (Å²) in [6.45, 7) is 1.98. The number of rotatable bonds is 4. The van der Waals surface area contributed by atoms with E-state index >= 15 is 0 Å². The molecule has 0 aliphatic heterocycles. The van der Waals surface area contributed by atoms with E-state index in [-0.39, 0.29) is 11.7 Å². The molecule has 2 aromatic carbocycles. The van der Waals surface area contributed by atoms with Gasteiger partial charge in [-0.3, -0.25) is 9.78 Å². The number of benzene rings is 2. The van der Waals surface area contributed by atoms with Gasteiger partial charge in [0.2, 0.25) is 0 Å². The molecule has 0 saturated carbocycles. The summed E-state index contributed by atoms with van der Waals surface area (Å²) >= 11 is 0. The highest BCUT2D eigenvalue weighted by Gasteiger charge is 2.33. The van der Waals surface area contributed by atoms with E-state index in [1.165, 1.54) is 0 Å². The Hall–Kier alpha value is -4.32. The lowest BCUT2D eigenvalue weighted by Gasteiger charge is -2.26. The second-order valence-corrected chi connectivity index (χ2v) is 8.88. The molecule has 0 fully saturated rings. The molecule has 1 atom stereocenters. The van der Waals surface area contributed by atoms with Crippen molar-refractivity contribution in [3.8, 4) is 22.6 Å². The van der Waals surface area contributed by atoms with Crippen LogP contribution in [0.25, 0.3) is 27.8 Å². The fourth-order valence-electron chi connectivity index (χ4n) is 5.10. The van der Waals surface area contributed by atoms with Crippen LogP contribution in [0.15, 0.2) is 79.1 Å². The van der Waals surface area contributed by atoms with Crippen LogP contribution in [-0.4, -0.2) is 32.6 Å². The highest BCUT2D eigenvalue weighted by Crippen LogP contribution is 2.41. The molecule has 3 aromatic heterocycles. The Balaban J connectivity index is 1.59. The minimum Gasteiger partial charge on any atom is -0.497 e. The van der Waals surface area contributed by atoms with Gasteiger partial charge in [0.1, 0.15) is 5.75 Å². The number of Topliss-reactive ketones (excluding diaryl/α,β-unsaturated/α-hetero) is 1. The first-order valence-electron chi connectivity index (χ1n) is 11.7. The Labute approximate surface area is 203 Å². The molecule has 35 heavy (non-hydrogen) atoms. The van der Waals surface area contributed by atoms with Gasteiger partial charge < -0.3 is 4.74 Å². The Morgan fingerprint density at radius 3 is 2.46 bits per heavy atom. The van der Waals surface area contributed by atoms with Crippen LogP contribution in [0.3, 0.4) is 0 Å². The van der Waals surface area contributed by atoms with E-state index in [2.05, 4.69) is 4.98 Å². The van der Waals surface area contributed by atoms with Gasteiger partial charge in [0, 0.05) is 35.5 Å². The van der Waals surface area contributed by atoms with Crippen molar-refractivity contribution in [1.82, 2.24) is 19.7 Å². The maximum absolute atomic E-state index is 13.7. The number of carbonyl (C=O) groups excluding carboxylic acids is 1. The summed E-state index contributed by atoms with van der Waals surface area (Å²) in [6, 6.07) is 21.9. The van der Waals surface area contributed by atoms with Gasteiger partial charge in [0.25, 0.3) is 0 Å². The van der Waals surface area contributed by atoms with E-state index in [0.29, 0.717) is 18.4 Å². The highest BCUT2D eigenvalue weighted by atomic mass is 16.5. The molecule has 1 aliphatic rings. The van der Waals surface area contributed by atoms with Gasteiger partial charge in [-0.15, -0.1) is 0 Å². The quantitative estimate of drug-likeness (QED) is 0.343. The van der Waals surface area contributed by atoms with E-state index in [1.54, 1.807) is 13.3 Å². The van der Waals surface area contributed by atoms with Gasteiger partial charge in [-0.25, -0.2) is 9.67 Å². The molecule has 0 N–H and O–H groups in total. The topological polar surface area (TPSA) is 69.9 Å². The summed E-state index contributed by atoms with van der Waals surface area (Å²) in [5.74, 6) is 0.964. The third-order valence-corrected chi connectivity index (χ3v) is 6.75. The first kappa shape index (κ1) is 21.2. The Morgan fingerprint density at radius 1 is 0.943 bits per heavy atom. The minimum atomic E-state index is 0.0572. The van der Waals surface area contributed by atoms with Crippen LogP contribution >= 0.6 is 0 Å². The fraction of sp³-hybridized carbons (Fsp3) is 0.172. The van der Waals surface area contributed by atoms with Crippen LogP contribution in [-0.2, 0) is 6.42 Å². The lowest BCUT2D eigenvalue weighted by Crippen LogP contribution is -2.21. The average molecular weight is 461 g/mol. The zero-order chi connectivity index (χ0) is 23.9. The van der Waals surface area contributed by atoms with Crippen molar-refractivity contribution in [2.75, 3.05) is 7.11 Å². The molecule has 6 nitrogen and oxygen atoms in total. The third-order valence-electron chi connectivity index (χ3n) is 6.75. The first-order valence-corrected chi connectivity index (χ1v) is 11.7. The Kier molecular flexibility index (Phi) is 5.14. The second-order valence-electron chi connectivity index (χ2n) is 8.88. The highest BCUT2D eigenvalue weighted by molar-refractivity contribution is 6.11. The number of fused-ring (bicyclic) bond motifs is 2. The van der Waals surface area contributed by atoms with Crippen molar-refractivity contribution in [2.45, 2.75) is 25.7 Å². The summed E-state index contributed by atoms with van der Waals surface area (Å²) in [7, 11) is 1.66. The van der Waals surface area contributed by atoms with Crippen LogP contribution < -0.4 is 4.74 Å². The molecule has 3 heterocycles. The van der Waals surface area contributed by atoms with Crippen molar-refractivity contribution < 1.29 is 9.53 Å². The van der Waals surface area contributed by atoms with Crippen molar-refractivity contribution in [3.05, 3.63) is 102 Å². The molecule has 0 amide bonds. The van der Waals surface area contributed by atoms with E-state index in [1.807, 2.05) is 84.5 Å². The van der Waals surface area contributed by atoms with Crippen LogP contribution in [0.2, 0.25) is 0 Å². The summed E-state index contributed by atoms with van der Waals surface area (Å²) in [6.07, 6.45) is 4.68. The zero-order valence-corrected chi connectivity index (χ0v) is 19.6. The van der Waals surface area contributed by atoms with Gasteiger partial charge in [-0.05, 0) is 55.2 Å². The Bertz CT molecular complexity index is 1540. The molecule has 5 aromatic rings. The average Bonchev–Trinajstić information content (AvgIpc) is 3.24. The molecule has 0 spiro atoms. The number of para-hydroxylation sites is 1. The van der Waals surface area contributed by atoms with Crippen LogP contribution in [0, 0.1) is 6.92 Å². The maximum atomic E-state index is 13.7. The monoisotopic (exact) mass is 460 g/mol. The summed E-state index contributed by atoms with van der Waals surface area (Å²) < 4.78 is 7.19. The van der Waals surface area contributed by atoms with Gasteiger partial charge in [0.15, 0.2) is 11.4 Å². The van der Waals surface area contributed by atoms with Gasteiger partial charge in [-0.1, -0.05) is 36.4 Å². The smallest absolute Gasteiger partial charge is 0.165 e. The number of hydrogen-bond acceptors (Lipinski definition) is 5. The number of aromatic nitrogens is 4. The largest absolute Gasteiger partial charge is 0.497 e. The number of methoxy groups -OCH3 is 1. The number of ether oxygens (including phenoxy) is 1. The number of hydrogen-bond donors (Lipinski definition) is 0. The van der Waals surface area contributed by atoms with Crippen molar-refractivity contribution in [1.29, 1.82) is 0 Å². The lowest BCUT2D eigenvalue weighted by atomic mass is 9.78. The summed E-state index contributed by atoms with van der Waals surface area (Å²) in [5.41, 5.74) is 6.94. The lowest BCUT2D eigenvalue weighted by molar-refractivity contribution is 0.0964. The fourth-order valence-corrected chi connectivity index (χ4v) is 5.10. The van der Waals surface area contributed by atoms with E-state index in [9.17, 15) is 4.79 Å². The Morgan fingerprint density at radius 2 is 1.74 bits per heavy atom. The van der Waals surface area contributed by atoms with Crippen molar-refractivity contribution in [3.63, 3.8) is 0 Å². The second kappa shape index (κ2) is 8.47. The zero-order valence-electron chi connectivity index (χ0n) is 19.6. The number of nitrogens with zero attached hydrogens (tertiary/aromatic N) is 4. The molecular formula is C29H24N4O2. The molecule has 0 radical (unpaired) electrons. The summed E-state index contributed by atoms with van der Waals surface area (Å²) in [4.78, 5) is 23.1. The number of aryl methyl sites for hydroxylation is 1. The normalized spacial score (nSPS) is 15.3. The number of pyridine rings is 2. The first-order chi connectivity index (χ1) is 17.1. The predicted octanol–water partition coefficient (Wildman–Crippen LogP) is 5.71. The predicted molar refractivity (Wildman–Crippen MR) is 135 cm³/mol. The number of carbonyl (C=O) groups is 1.